The molecule has 18 heavy (non-hydrogen) atoms. The van der Waals surface area contributed by atoms with Crippen molar-refractivity contribution in [3.8, 4) is 11.5 Å². The van der Waals surface area contributed by atoms with Crippen LogP contribution in [0.15, 0.2) is 30.6 Å². The van der Waals surface area contributed by atoms with Gasteiger partial charge in [-0.05, 0) is 12.1 Å². The Bertz CT molecular complexity index is 577. The van der Waals surface area contributed by atoms with Gasteiger partial charge in [-0.1, -0.05) is 11.6 Å². The molecule has 1 aromatic carbocycles. The fraction of sp³-hybridized carbons (Fsp3) is 0.167. The van der Waals surface area contributed by atoms with Crippen molar-refractivity contribution in [3.05, 3.63) is 35.7 Å². The molecule has 0 aliphatic carbocycles. The highest BCUT2D eigenvalue weighted by atomic mass is 35.5. The lowest BCUT2D eigenvalue weighted by Gasteiger charge is -2.19. The third kappa shape index (κ3) is 2.31. The summed E-state index contributed by atoms with van der Waals surface area (Å²) in [4.78, 5) is 8.06. The second-order valence-corrected chi connectivity index (χ2v) is 4.10. The molecule has 0 fully saturated rings. The maximum Gasteiger partial charge on any atom is 0.163 e. The zero-order valence-corrected chi connectivity index (χ0v) is 10.1. The average molecular weight is 264 g/mol. The van der Waals surface area contributed by atoms with Gasteiger partial charge in [0, 0.05) is 11.8 Å². The molecule has 2 aromatic rings. The number of benzene rings is 1. The highest BCUT2D eigenvalue weighted by molar-refractivity contribution is 6.29. The van der Waals surface area contributed by atoms with Crippen molar-refractivity contribution in [2.75, 3.05) is 18.5 Å². The molecule has 3 rings (SSSR count). The van der Waals surface area contributed by atoms with Crippen LogP contribution in [0.2, 0.25) is 5.15 Å². The Labute approximate surface area is 109 Å². The molecule has 0 saturated carbocycles. The molecule has 2 heterocycles. The Morgan fingerprint density at radius 1 is 1.11 bits per heavy atom. The van der Waals surface area contributed by atoms with Crippen molar-refractivity contribution >= 4 is 23.1 Å². The second-order valence-electron chi connectivity index (χ2n) is 3.71. The first-order chi connectivity index (χ1) is 8.81. The Morgan fingerprint density at radius 3 is 2.78 bits per heavy atom. The number of nitrogens with zero attached hydrogens (tertiary/aromatic N) is 2. The maximum absolute atomic E-state index is 5.77. The predicted octanol–water partition coefficient (Wildman–Crippen LogP) is 2.64. The van der Waals surface area contributed by atoms with Gasteiger partial charge in [0.15, 0.2) is 17.3 Å². The van der Waals surface area contributed by atoms with Crippen LogP contribution < -0.4 is 14.8 Å². The van der Waals surface area contributed by atoms with E-state index in [9.17, 15) is 0 Å². The van der Waals surface area contributed by atoms with Crippen molar-refractivity contribution in [1.82, 2.24) is 9.97 Å². The van der Waals surface area contributed by atoms with Crippen LogP contribution in [0, 0.1) is 0 Å². The van der Waals surface area contributed by atoms with E-state index in [4.69, 9.17) is 21.1 Å². The number of anilines is 2. The minimum atomic E-state index is 0.345. The van der Waals surface area contributed by atoms with E-state index >= 15 is 0 Å². The van der Waals surface area contributed by atoms with Gasteiger partial charge in [-0.3, -0.25) is 4.98 Å². The molecule has 0 spiro atoms. The summed E-state index contributed by atoms with van der Waals surface area (Å²) in [6, 6.07) is 5.60. The van der Waals surface area contributed by atoms with Gasteiger partial charge in [0.2, 0.25) is 0 Å². The van der Waals surface area contributed by atoms with E-state index in [0.717, 1.165) is 17.2 Å². The van der Waals surface area contributed by atoms with E-state index in [1.54, 1.807) is 6.20 Å². The molecule has 0 atom stereocenters. The summed E-state index contributed by atoms with van der Waals surface area (Å²) in [5.41, 5.74) is 0.843. The van der Waals surface area contributed by atoms with Crippen molar-refractivity contribution in [2.45, 2.75) is 0 Å². The third-order valence-corrected chi connectivity index (χ3v) is 2.60. The summed E-state index contributed by atoms with van der Waals surface area (Å²) < 4.78 is 10.9. The molecular weight excluding hydrogens is 254 g/mol. The van der Waals surface area contributed by atoms with E-state index in [2.05, 4.69) is 15.3 Å². The lowest BCUT2D eigenvalue weighted by Crippen LogP contribution is -2.15. The van der Waals surface area contributed by atoms with Gasteiger partial charge in [0.05, 0.1) is 12.4 Å². The summed E-state index contributed by atoms with van der Waals surface area (Å²) in [6.45, 7) is 1.15. The zero-order chi connectivity index (χ0) is 12.4. The summed E-state index contributed by atoms with van der Waals surface area (Å²) >= 11 is 5.77. The Balaban J connectivity index is 1.85. The first-order valence-corrected chi connectivity index (χ1v) is 5.83. The molecule has 0 unspecified atom stereocenters. The van der Waals surface area contributed by atoms with E-state index < -0.39 is 0 Å². The Hall–Kier alpha value is -2.01. The molecule has 1 aliphatic rings. The Kier molecular flexibility index (Phi) is 2.90. The number of hydrogen-bond donors (Lipinski definition) is 1. The van der Waals surface area contributed by atoms with E-state index in [1.807, 2.05) is 18.2 Å². The number of nitrogens with one attached hydrogen (secondary N) is 1. The molecule has 1 aliphatic heterocycles. The van der Waals surface area contributed by atoms with Crippen LogP contribution in [0.3, 0.4) is 0 Å². The van der Waals surface area contributed by atoms with Crippen molar-refractivity contribution < 1.29 is 9.47 Å². The second kappa shape index (κ2) is 4.70. The van der Waals surface area contributed by atoms with E-state index in [-0.39, 0.29) is 0 Å². The summed E-state index contributed by atoms with van der Waals surface area (Å²) in [5.74, 6) is 2.06. The van der Waals surface area contributed by atoms with Crippen molar-refractivity contribution in [1.29, 1.82) is 0 Å². The summed E-state index contributed by atoms with van der Waals surface area (Å²) in [6.07, 6.45) is 3.08. The predicted molar refractivity (Wildman–Crippen MR) is 67.8 cm³/mol. The molecular formula is C12H10ClN3O2. The highest BCUT2D eigenvalue weighted by Gasteiger charge is 2.11. The molecule has 0 radical (unpaired) electrons. The largest absolute Gasteiger partial charge is 0.486 e. The highest BCUT2D eigenvalue weighted by Crippen LogP contribution is 2.33. The zero-order valence-electron chi connectivity index (χ0n) is 9.39. The van der Waals surface area contributed by atoms with Gasteiger partial charge in [-0.25, -0.2) is 4.98 Å². The molecule has 0 amide bonds. The third-order valence-electron chi connectivity index (χ3n) is 2.42. The Morgan fingerprint density at radius 2 is 1.94 bits per heavy atom. The maximum atomic E-state index is 5.77. The smallest absolute Gasteiger partial charge is 0.163 e. The number of hydrogen-bond acceptors (Lipinski definition) is 5. The van der Waals surface area contributed by atoms with Crippen molar-refractivity contribution in [2.24, 2.45) is 0 Å². The number of fused-ring (bicyclic) bond motifs is 1. The minimum absolute atomic E-state index is 0.345. The van der Waals surface area contributed by atoms with Crippen LogP contribution in [0.25, 0.3) is 0 Å². The fourth-order valence-electron chi connectivity index (χ4n) is 1.67. The number of aromatic nitrogens is 2. The van der Waals surface area contributed by atoms with Crippen LogP contribution in [0.1, 0.15) is 0 Å². The van der Waals surface area contributed by atoms with Crippen LogP contribution in [-0.2, 0) is 0 Å². The number of halogens is 1. The van der Waals surface area contributed by atoms with Gasteiger partial charge in [0.1, 0.15) is 18.4 Å². The van der Waals surface area contributed by atoms with Gasteiger partial charge in [-0.15, -0.1) is 0 Å². The lowest BCUT2D eigenvalue weighted by atomic mass is 10.2. The van der Waals surface area contributed by atoms with E-state index in [1.165, 1.54) is 6.20 Å². The quantitative estimate of drug-likeness (QED) is 0.903. The van der Waals surface area contributed by atoms with E-state index in [0.29, 0.717) is 24.2 Å². The SMILES string of the molecule is Clc1cncc(Nc2ccc3c(c2)OCCO3)n1. The first-order valence-electron chi connectivity index (χ1n) is 5.45. The van der Waals surface area contributed by atoms with Crippen LogP contribution in [-0.4, -0.2) is 23.2 Å². The fourth-order valence-corrected chi connectivity index (χ4v) is 1.82. The average Bonchev–Trinajstić information content (AvgIpc) is 2.39. The first kappa shape index (κ1) is 11.1. The van der Waals surface area contributed by atoms with Crippen LogP contribution >= 0.6 is 11.6 Å². The molecule has 5 nitrogen and oxygen atoms in total. The molecule has 1 N–H and O–H groups in total. The number of ether oxygens (including phenoxy) is 2. The minimum Gasteiger partial charge on any atom is -0.486 e. The molecule has 0 bridgehead atoms. The topological polar surface area (TPSA) is 56.3 Å². The van der Waals surface area contributed by atoms with Crippen LogP contribution in [0.5, 0.6) is 11.5 Å². The summed E-state index contributed by atoms with van der Waals surface area (Å²) in [5, 5.41) is 3.45. The monoisotopic (exact) mass is 263 g/mol. The molecule has 6 heteroatoms. The molecule has 0 saturated heterocycles. The number of rotatable bonds is 2. The lowest BCUT2D eigenvalue weighted by molar-refractivity contribution is 0.171. The van der Waals surface area contributed by atoms with Gasteiger partial charge in [-0.2, -0.15) is 0 Å². The van der Waals surface area contributed by atoms with Gasteiger partial charge in [0.25, 0.3) is 0 Å². The van der Waals surface area contributed by atoms with Crippen molar-refractivity contribution in [3.63, 3.8) is 0 Å². The summed E-state index contributed by atoms with van der Waals surface area (Å²) in [7, 11) is 0. The van der Waals surface area contributed by atoms with Gasteiger partial charge >= 0.3 is 0 Å². The van der Waals surface area contributed by atoms with Crippen LogP contribution in [0.4, 0.5) is 11.5 Å². The van der Waals surface area contributed by atoms with Gasteiger partial charge < -0.3 is 14.8 Å². The molecule has 1 aromatic heterocycles. The normalized spacial score (nSPS) is 13.2. The standard InChI is InChI=1S/C12H10ClN3O2/c13-11-6-14-7-12(16-11)15-8-1-2-9-10(5-8)18-4-3-17-9/h1-2,5-7H,3-4H2,(H,15,16). The molecule has 92 valence electrons.